The van der Waals surface area contributed by atoms with Gasteiger partial charge in [-0.3, -0.25) is 4.90 Å². The Morgan fingerprint density at radius 2 is 2.09 bits per heavy atom. The minimum absolute atomic E-state index is 0.143. The highest BCUT2D eigenvalue weighted by molar-refractivity contribution is 5.27. The average Bonchev–Trinajstić information content (AvgIpc) is 2.94. The maximum atomic E-state index is 9.69. The fraction of sp³-hybridized carbons (Fsp3) is 0.684. The van der Waals surface area contributed by atoms with Crippen molar-refractivity contribution in [2.75, 3.05) is 26.2 Å². The highest BCUT2D eigenvalue weighted by Crippen LogP contribution is 2.20. The van der Waals surface area contributed by atoms with E-state index in [-0.39, 0.29) is 6.10 Å². The van der Waals surface area contributed by atoms with E-state index in [4.69, 9.17) is 4.74 Å². The van der Waals surface area contributed by atoms with Crippen LogP contribution in [0.3, 0.4) is 0 Å². The summed E-state index contributed by atoms with van der Waals surface area (Å²) in [6, 6.07) is 8.68. The Balaban J connectivity index is 1.49. The van der Waals surface area contributed by atoms with Crippen LogP contribution in [-0.4, -0.2) is 48.5 Å². The third-order valence-electron chi connectivity index (χ3n) is 5.10. The first-order valence-electron chi connectivity index (χ1n) is 9.00. The first-order valence-corrected chi connectivity index (χ1v) is 9.00. The van der Waals surface area contributed by atoms with Crippen LogP contribution in [0.1, 0.15) is 37.3 Å². The molecule has 0 saturated carbocycles. The molecule has 2 fully saturated rings. The molecule has 4 nitrogen and oxygen atoms in total. The summed E-state index contributed by atoms with van der Waals surface area (Å²) in [5, 5.41) is 13.3. The zero-order valence-electron chi connectivity index (χ0n) is 14.2. The molecule has 2 saturated heterocycles. The van der Waals surface area contributed by atoms with Gasteiger partial charge >= 0.3 is 0 Å². The quantitative estimate of drug-likeness (QED) is 0.844. The average molecular weight is 318 g/mol. The molecule has 128 valence electrons. The van der Waals surface area contributed by atoms with Gasteiger partial charge in [-0.2, -0.15) is 0 Å². The van der Waals surface area contributed by atoms with E-state index < -0.39 is 0 Å². The van der Waals surface area contributed by atoms with Gasteiger partial charge in [-0.15, -0.1) is 0 Å². The topological polar surface area (TPSA) is 44.7 Å². The van der Waals surface area contributed by atoms with Gasteiger partial charge in [-0.25, -0.2) is 0 Å². The molecular formula is C19H30N2O2. The van der Waals surface area contributed by atoms with Crippen molar-refractivity contribution in [1.29, 1.82) is 0 Å². The standard InChI is InChI=1S/C19H30N2O2/c1-15-10-16(7-9-23-15)11-20-12-17-4-2-3-5-18(17)13-21-8-6-19(22)14-21/h2-5,15-16,19-20,22H,6-14H2,1H3. The number of hydrogen-bond acceptors (Lipinski definition) is 4. The maximum absolute atomic E-state index is 9.69. The van der Waals surface area contributed by atoms with Crippen LogP contribution in [0.2, 0.25) is 0 Å². The summed E-state index contributed by atoms with van der Waals surface area (Å²) in [5.41, 5.74) is 2.77. The molecular weight excluding hydrogens is 288 g/mol. The normalized spacial score (nSPS) is 29.0. The Kier molecular flexibility index (Phi) is 6.06. The van der Waals surface area contributed by atoms with E-state index in [9.17, 15) is 5.11 Å². The summed E-state index contributed by atoms with van der Waals surface area (Å²) in [5.74, 6) is 0.736. The van der Waals surface area contributed by atoms with Crippen LogP contribution in [0.4, 0.5) is 0 Å². The molecule has 2 N–H and O–H groups in total. The SMILES string of the molecule is CC1CC(CNCc2ccccc2CN2CCC(O)C2)CCO1. The molecule has 23 heavy (non-hydrogen) atoms. The summed E-state index contributed by atoms with van der Waals surface area (Å²) in [6.07, 6.45) is 3.51. The van der Waals surface area contributed by atoms with Crippen LogP contribution in [0.25, 0.3) is 0 Å². The third-order valence-corrected chi connectivity index (χ3v) is 5.10. The van der Waals surface area contributed by atoms with E-state index in [1.807, 2.05) is 0 Å². The molecule has 1 aromatic carbocycles. The summed E-state index contributed by atoms with van der Waals surface area (Å²) in [6.45, 7) is 7.84. The summed E-state index contributed by atoms with van der Waals surface area (Å²) < 4.78 is 5.62. The number of nitrogens with zero attached hydrogens (tertiary/aromatic N) is 1. The van der Waals surface area contributed by atoms with Crippen LogP contribution in [0.15, 0.2) is 24.3 Å². The van der Waals surface area contributed by atoms with E-state index in [1.165, 1.54) is 24.0 Å². The number of ether oxygens (including phenoxy) is 1. The lowest BCUT2D eigenvalue weighted by Crippen LogP contribution is -2.31. The van der Waals surface area contributed by atoms with Crippen molar-refractivity contribution in [3.8, 4) is 0 Å². The second-order valence-corrected chi connectivity index (χ2v) is 7.15. The van der Waals surface area contributed by atoms with E-state index in [0.717, 1.165) is 51.7 Å². The van der Waals surface area contributed by atoms with Crippen LogP contribution >= 0.6 is 0 Å². The van der Waals surface area contributed by atoms with Crippen molar-refractivity contribution in [3.05, 3.63) is 35.4 Å². The second kappa shape index (κ2) is 8.25. The van der Waals surface area contributed by atoms with Gasteiger partial charge in [-0.05, 0) is 49.8 Å². The molecule has 0 amide bonds. The van der Waals surface area contributed by atoms with Gasteiger partial charge in [0.1, 0.15) is 0 Å². The largest absolute Gasteiger partial charge is 0.392 e. The van der Waals surface area contributed by atoms with Crippen molar-refractivity contribution in [2.24, 2.45) is 5.92 Å². The minimum atomic E-state index is -0.143. The molecule has 2 aliphatic rings. The van der Waals surface area contributed by atoms with E-state index in [2.05, 4.69) is 41.4 Å². The van der Waals surface area contributed by atoms with Crippen LogP contribution in [0.5, 0.6) is 0 Å². The van der Waals surface area contributed by atoms with Crippen molar-refractivity contribution in [1.82, 2.24) is 10.2 Å². The molecule has 1 aromatic rings. The Morgan fingerprint density at radius 3 is 2.83 bits per heavy atom. The Labute approximate surface area is 139 Å². The molecule has 4 heteroatoms. The molecule has 2 heterocycles. The zero-order valence-corrected chi connectivity index (χ0v) is 14.2. The second-order valence-electron chi connectivity index (χ2n) is 7.15. The van der Waals surface area contributed by atoms with Crippen LogP contribution in [-0.2, 0) is 17.8 Å². The molecule has 0 spiro atoms. The predicted molar refractivity (Wildman–Crippen MR) is 92.2 cm³/mol. The number of hydrogen-bond donors (Lipinski definition) is 2. The van der Waals surface area contributed by atoms with Crippen molar-refractivity contribution in [2.45, 2.75) is 51.5 Å². The van der Waals surface area contributed by atoms with Gasteiger partial charge in [-0.1, -0.05) is 24.3 Å². The first-order chi connectivity index (χ1) is 11.2. The molecule has 0 bridgehead atoms. The zero-order chi connectivity index (χ0) is 16.1. The molecule has 3 unspecified atom stereocenters. The smallest absolute Gasteiger partial charge is 0.0679 e. The highest BCUT2D eigenvalue weighted by Gasteiger charge is 2.21. The van der Waals surface area contributed by atoms with E-state index in [0.29, 0.717) is 6.10 Å². The number of β-amino-alcohol motifs (C(OH)–C–C–N with tert-alkyl or cyclic N) is 1. The fourth-order valence-electron chi connectivity index (χ4n) is 3.77. The van der Waals surface area contributed by atoms with E-state index >= 15 is 0 Å². The predicted octanol–water partition coefficient (Wildman–Crippen LogP) is 2.16. The molecule has 3 atom stereocenters. The first kappa shape index (κ1) is 16.9. The number of aliphatic hydroxyl groups excluding tert-OH is 1. The third kappa shape index (κ3) is 5.01. The van der Waals surface area contributed by atoms with Crippen LogP contribution in [0, 0.1) is 5.92 Å². The maximum Gasteiger partial charge on any atom is 0.0679 e. The summed E-state index contributed by atoms with van der Waals surface area (Å²) in [4.78, 5) is 2.35. The monoisotopic (exact) mass is 318 g/mol. The minimum Gasteiger partial charge on any atom is -0.392 e. The lowest BCUT2D eigenvalue weighted by Gasteiger charge is -2.27. The van der Waals surface area contributed by atoms with Gasteiger partial charge in [0, 0.05) is 32.8 Å². The lowest BCUT2D eigenvalue weighted by atomic mass is 9.96. The molecule has 0 aliphatic carbocycles. The Hall–Kier alpha value is -0.940. The molecule has 3 rings (SSSR count). The highest BCUT2D eigenvalue weighted by atomic mass is 16.5. The van der Waals surface area contributed by atoms with Crippen LogP contribution < -0.4 is 5.32 Å². The van der Waals surface area contributed by atoms with Crippen molar-refractivity contribution >= 4 is 0 Å². The summed E-state index contributed by atoms with van der Waals surface area (Å²) in [7, 11) is 0. The Morgan fingerprint density at radius 1 is 1.26 bits per heavy atom. The number of aliphatic hydroxyl groups is 1. The molecule has 0 radical (unpaired) electrons. The van der Waals surface area contributed by atoms with Gasteiger partial charge < -0.3 is 15.2 Å². The number of likely N-dealkylation sites (tertiary alicyclic amines) is 1. The summed E-state index contributed by atoms with van der Waals surface area (Å²) >= 11 is 0. The fourth-order valence-corrected chi connectivity index (χ4v) is 3.77. The van der Waals surface area contributed by atoms with Gasteiger partial charge in [0.25, 0.3) is 0 Å². The number of nitrogens with one attached hydrogen (secondary N) is 1. The van der Waals surface area contributed by atoms with E-state index in [1.54, 1.807) is 0 Å². The lowest BCUT2D eigenvalue weighted by molar-refractivity contribution is 0.00288. The van der Waals surface area contributed by atoms with Gasteiger partial charge in [0.05, 0.1) is 12.2 Å². The molecule has 2 aliphatic heterocycles. The number of rotatable bonds is 6. The molecule has 0 aromatic heterocycles. The Bertz CT molecular complexity index is 494. The van der Waals surface area contributed by atoms with Gasteiger partial charge in [0.15, 0.2) is 0 Å². The van der Waals surface area contributed by atoms with Crippen molar-refractivity contribution in [3.63, 3.8) is 0 Å². The number of benzene rings is 1. The van der Waals surface area contributed by atoms with Gasteiger partial charge in [0.2, 0.25) is 0 Å². The van der Waals surface area contributed by atoms with Crippen molar-refractivity contribution < 1.29 is 9.84 Å².